The number of likely N-dealkylation sites (N-methyl/N-ethyl adjacent to an activating group) is 2. The van der Waals surface area contributed by atoms with Crippen molar-refractivity contribution in [2.24, 2.45) is 0 Å². The van der Waals surface area contributed by atoms with Gasteiger partial charge in [-0.1, -0.05) is 27.7 Å². The van der Waals surface area contributed by atoms with Gasteiger partial charge in [-0.3, -0.25) is 4.90 Å². The maximum Gasteiger partial charge on any atom is 0.0194 e. The van der Waals surface area contributed by atoms with E-state index in [4.69, 9.17) is 0 Å². The Balaban J connectivity index is 3.87. The van der Waals surface area contributed by atoms with Crippen LogP contribution in [0.4, 0.5) is 0 Å². The summed E-state index contributed by atoms with van der Waals surface area (Å²) in [6, 6.07) is 0.690. The first-order valence-electron chi connectivity index (χ1n) is 5.65. The van der Waals surface area contributed by atoms with Crippen molar-refractivity contribution in [1.82, 2.24) is 9.80 Å². The van der Waals surface area contributed by atoms with Crippen molar-refractivity contribution in [3.63, 3.8) is 0 Å². The summed E-state index contributed by atoms with van der Waals surface area (Å²) in [6.45, 7) is 17.1. The number of hydrogen-bond donors (Lipinski definition) is 0. The molecule has 0 saturated carbocycles. The maximum atomic E-state index is 2.51. The Kier molecular flexibility index (Phi) is 7.29. The van der Waals surface area contributed by atoms with Gasteiger partial charge in [-0.25, -0.2) is 0 Å². The Labute approximate surface area is 83.9 Å². The van der Waals surface area contributed by atoms with E-state index in [2.05, 4.69) is 44.4 Å². The van der Waals surface area contributed by atoms with Crippen LogP contribution in [-0.2, 0) is 0 Å². The van der Waals surface area contributed by atoms with Gasteiger partial charge >= 0.3 is 0 Å². The van der Waals surface area contributed by atoms with Crippen LogP contribution in [0, 0.1) is 0 Å². The predicted octanol–water partition coefficient (Wildman–Crippen LogP) is 2.06. The average molecular weight is 186 g/mol. The summed E-state index contributed by atoms with van der Waals surface area (Å²) in [5.74, 6) is 0. The Bertz CT molecular complexity index is 107. The number of rotatable bonds is 7. The smallest absolute Gasteiger partial charge is 0.0194 e. The summed E-state index contributed by atoms with van der Waals surface area (Å²) in [4.78, 5) is 5.00. The minimum Gasteiger partial charge on any atom is -0.302 e. The van der Waals surface area contributed by atoms with E-state index in [0.717, 1.165) is 0 Å². The van der Waals surface area contributed by atoms with Gasteiger partial charge < -0.3 is 4.90 Å². The summed E-state index contributed by atoms with van der Waals surface area (Å²) in [6.07, 6.45) is 0. The van der Waals surface area contributed by atoms with Crippen molar-refractivity contribution in [2.75, 3.05) is 32.7 Å². The van der Waals surface area contributed by atoms with Gasteiger partial charge in [0.25, 0.3) is 0 Å². The third kappa shape index (κ3) is 4.63. The molecule has 80 valence electrons. The normalized spacial score (nSPS) is 14.1. The van der Waals surface area contributed by atoms with Crippen LogP contribution in [0.3, 0.4) is 0 Å². The lowest BCUT2D eigenvalue weighted by Crippen LogP contribution is -2.42. The molecule has 0 bridgehead atoms. The van der Waals surface area contributed by atoms with Gasteiger partial charge in [0, 0.05) is 12.6 Å². The van der Waals surface area contributed by atoms with Crippen LogP contribution in [0.1, 0.15) is 34.6 Å². The van der Waals surface area contributed by atoms with Crippen molar-refractivity contribution in [2.45, 2.75) is 40.7 Å². The van der Waals surface area contributed by atoms with E-state index in [1.54, 1.807) is 0 Å². The van der Waals surface area contributed by atoms with Crippen molar-refractivity contribution < 1.29 is 0 Å². The Morgan fingerprint density at radius 1 is 0.846 bits per heavy atom. The highest BCUT2D eigenvalue weighted by atomic mass is 15.2. The molecule has 0 N–H and O–H groups in total. The zero-order valence-corrected chi connectivity index (χ0v) is 10.0. The summed E-state index contributed by atoms with van der Waals surface area (Å²) < 4.78 is 0. The molecule has 0 heterocycles. The SMILES string of the molecule is CCN(CC)CC(C)N(CC)CC. The lowest BCUT2D eigenvalue weighted by molar-refractivity contribution is 0.167. The summed E-state index contributed by atoms with van der Waals surface area (Å²) in [7, 11) is 0. The standard InChI is InChI=1S/C11H26N2/c1-6-12(7-2)10-11(5)13(8-3)9-4/h11H,6-10H2,1-5H3. The van der Waals surface area contributed by atoms with E-state index in [9.17, 15) is 0 Å². The molecule has 0 aromatic carbocycles. The van der Waals surface area contributed by atoms with Gasteiger partial charge in [0.05, 0.1) is 0 Å². The molecule has 0 saturated heterocycles. The molecule has 0 spiro atoms. The maximum absolute atomic E-state index is 2.51. The largest absolute Gasteiger partial charge is 0.302 e. The summed E-state index contributed by atoms with van der Waals surface area (Å²) >= 11 is 0. The van der Waals surface area contributed by atoms with E-state index < -0.39 is 0 Å². The highest BCUT2D eigenvalue weighted by molar-refractivity contribution is 4.68. The molecule has 0 aliphatic rings. The van der Waals surface area contributed by atoms with Crippen molar-refractivity contribution in [1.29, 1.82) is 0 Å². The average Bonchev–Trinajstić information content (AvgIpc) is 2.16. The zero-order chi connectivity index (χ0) is 10.3. The molecule has 0 rings (SSSR count). The van der Waals surface area contributed by atoms with Crippen LogP contribution >= 0.6 is 0 Å². The fourth-order valence-electron chi connectivity index (χ4n) is 1.82. The molecular formula is C11H26N2. The second-order valence-electron chi connectivity index (χ2n) is 3.56. The fourth-order valence-corrected chi connectivity index (χ4v) is 1.82. The quantitative estimate of drug-likeness (QED) is 0.600. The predicted molar refractivity (Wildman–Crippen MR) is 60.2 cm³/mol. The first-order valence-corrected chi connectivity index (χ1v) is 5.65. The Morgan fingerprint density at radius 2 is 1.31 bits per heavy atom. The van der Waals surface area contributed by atoms with Crippen LogP contribution < -0.4 is 0 Å². The van der Waals surface area contributed by atoms with E-state index in [-0.39, 0.29) is 0 Å². The van der Waals surface area contributed by atoms with Crippen molar-refractivity contribution in [3.05, 3.63) is 0 Å². The van der Waals surface area contributed by atoms with Crippen molar-refractivity contribution in [3.8, 4) is 0 Å². The second kappa shape index (κ2) is 7.34. The lowest BCUT2D eigenvalue weighted by atomic mass is 10.2. The molecule has 0 aliphatic heterocycles. The molecule has 0 aliphatic carbocycles. The highest BCUT2D eigenvalue weighted by Crippen LogP contribution is 2.01. The first kappa shape index (κ1) is 12.9. The fraction of sp³-hybridized carbons (Fsp3) is 1.00. The Morgan fingerprint density at radius 3 is 1.62 bits per heavy atom. The van der Waals surface area contributed by atoms with Gasteiger partial charge in [0.15, 0.2) is 0 Å². The molecular weight excluding hydrogens is 160 g/mol. The second-order valence-corrected chi connectivity index (χ2v) is 3.56. The van der Waals surface area contributed by atoms with Crippen molar-refractivity contribution >= 4 is 0 Å². The van der Waals surface area contributed by atoms with Gasteiger partial charge in [0.2, 0.25) is 0 Å². The van der Waals surface area contributed by atoms with E-state index in [0.29, 0.717) is 6.04 Å². The van der Waals surface area contributed by atoms with Crippen LogP contribution in [0.15, 0.2) is 0 Å². The molecule has 2 nitrogen and oxygen atoms in total. The summed E-state index contributed by atoms with van der Waals surface area (Å²) in [5, 5.41) is 0. The van der Waals surface area contributed by atoms with Gasteiger partial charge in [-0.2, -0.15) is 0 Å². The van der Waals surface area contributed by atoms with E-state index in [1.165, 1.54) is 32.7 Å². The van der Waals surface area contributed by atoms with Gasteiger partial charge in [0.1, 0.15) is 0 Å². The Hall–Kier alpha value is -0.0800. The number of nitrogens with zero attached hydrogens (tertiary/aromatic N) is 2. The molecule has 13 heavy (non-hydrogen) atoms. The molecule has 0 fully saturated rings. The van der Waals surface area contributed by atoms with Gasteiger partial charge in [-0.05, 0) is 33.1 Å². The van der Waals surface area contributed by atoms with E-state index in [1.807, 2.05) is 0 Å². The third-order valence-electron chi connectivity index (χ3n) is 2.85. The van der Waals surface area contributed by atoms with Crippen LogP contribution in [-0.4, -0.2) is 48.6 Å². The molecule has 0 aromatic rings. The zero-order valence-electron chi connectivity index (χ0n) is 10.0. The lowest BCUT2D eigenvalue weighted by Gasteiger charge is -2.30. The third-order valence-corrected chi connectivity index (χ3v) is 2.85. The minimum atomic E-state index is 0.690. The minimum absolute atomic E-state index is 0.690. The number of hydrogen-bond acceptors (Lipinski definition) is 2. The topological polar surface area (TPSA) is 6.48 Å². The van der Waals surface area contributed by atoms with Crippen LogP contribution in [0.2, 0.25) is 0 Å². The molecule has 1 atom stereocenters. The highest BCUT2D eigenvalue weighted by Gasteiger charge is 2.12. The first-order chi connectivity index (χ1) is 6.19. The van der Waals surface area contributed by atoms with Gasteiger partial charge in [-0.15, -0.1) is 0 Å². The monoisotopic (exact) mass is 186 g/mol. The molecule has 0 aromatic heterocycles. The molecule has 0 radical (unpaired) electrons. The van der Waals surface area contributed by atoms with E-state index >= 15 is 0 Å². The molecule has 2 heteroatoms. The van der Waals surface area contributed by atoms with Crippen LogP contribution in [0.25, 0.3) is 0 Å². The molecule has 0 amide bonds. The van der Waals surface area contributed by atoms with Crippen LogP contribution in [0.5, 0.6) is 0 Å². The molecule has 1 unspecified atom stereocenters. The summed E-state index contributed by atoms with van der Waals surface area (Å²) in [5.41, 5.74) is 0.